The molecule has 0 spiro atoms. The highest BCUT2D eigenvalue weighted by molar-refractivity contribution is 7.13. The zero-order valence-electron chi connectivity index (χ0n) is 12.2. The number of likely N-dealkylation sites (tertiary alicyclic amines) is 2. The van der Waals surface area contributed by atoms with Gasteiger partial charge >= 0.3 is 0 Å². The number of thiophene rings is 1. The second-order valence-electron chi connectivity index (χ2n) is 5.89. The maximum Gasteiger partial charge on any atom is 0.234 e. The highest BCUT2D eigenvalue weighted by Crippen LogP contribution is 2.34. The number of nitrogens with one attached hydrogen (secondary N) is 1. The van der Waals surface area contributed by atoms with Crippen molar-refractivity contribution >= 4 is 23.2 Å². The van der Waals surface area contributed by atoms with E-state index in [-0.39, 0.29) is 23.7 Å². The molecule has 0 saturated carbocycles. The van der Waals surface area contributed by atoms with Crippen molar-refractivity contribution in [3.63, 3.8) is 0 Å². The summed E-state index contributed by atoms with van der Waals surface area (Å²) < 4.78 is 0. The molecule has 2 aliphatic rings. The number of carbonyl (C=O) groups excluding carboxylic acids is 2. The largest absolute Gasteiger partial charge is 0.297 e. The van der Waals surface area contributed by atoms with Crippen LogP contribution in [-0.2, 0) is 16.1 Å². The van der Waals surface area contributed by atoms with Gasteiger partial charge in [-0.15, -0.1) is 11.3 Å². The van der Waals surface area contributed by atoms with Crippen molar-refractivity contribution < 1.29 is 9.59 Å². The first-order valence-electron chi connectivity index (χ1n) is 7.25. The van der Waals surface area contributed by atoms with Crippen LogP contribution in [0, 0.1) is 11.8 Å². The molecule has 4 rings (SSSR count). The lowest BCUT2D eigenvalue weighted by Gasteiger charge is -2.18. The molecule has 4 heterocycles. The van der Waals surface area contributed by atoms with Crippen LogP contribution in [-0.4, -0.2) is 51.9 Å². The molecule has 0 bridgehead atoms. The Kier molecular flexibility index (Phi) is 3.12. The van der Waals surface area contributed by atoms with Gasteiger partial charge in [0.15, 0.2) is 0 Å². The Morgan fingerprint density at radius 1 is 1.32 bits per heavy atom. The summed E-state index contributed by atoms with van der Waals surface area (Å²) in [5, 5.41) is 9.23. The fourth-order valence-corrected chi connectivity index (χ4v) is 4.18. The normalized spacial score (nSPS) is 25.2. The molecule has 0 radical (unpaired) electrons. The molecule has 2 aliphatic heterocycles. The summed E-state index contributed by atoms with van der Waals surface area (Å²) in [6.45, 7) is 2.00. The number of aromatic amines is 1. The average molecular weight is 316 g/mol. The van der Waals surface area contributed by atoms with E-state index in [9.17, 15) is 9.59 Å². The lowest BCUT2D eigenvalue weighted by Crippen LogP contribution is -2.32. The van der Waals surface area contributed by atoms with Gasteiger partial charge in [-0.1, -0.05) is 6.07 Å². The predicted octanol–water partition coefficient (Wildman–Crippen LogP) is 1.18. The van der Waals surface area contributed by atoms with E-state index in [0.29, 0.717) is 19.6 Å². The fraction of sp³-hybridized carbons (Fsp3) is 0.400. The number of carbonyl (C=O) groups is 2. The molecule has 0 aromatic carbocycles. The Bertz CT molecular complexity index is 700. The zero-order valence-corrected chi connectivity index (χ0v) is 13.0. The highest BCUT2D eigenvalue weighted by atomic mass is 32.1. The summed E-state index contributed by atoms with van der Waals surface area (Å²) in [4.78, 5) is 28.7. The number of nitrogens with zero attached hydrogens (tertiary/aromatic N) is 3. The van der Waals surface area contributed by atoms with Crippen LogP contribution < -0.4 is 0 Å². The van der Waals surface area contributed by atoms with Gasteiger partial charge in [-0.05, 0) is 11.4 Å². The number of rotatable bonds is 3. The third-order valence-corrected chi connectivity index (χ3v) is 5.46. The number of amides is 2. The van der Waals surface area contributed by atoms with Crippen molar-refractivity contribution in [1.29, 1.82) is 0 Å². The van der Waals surface area contributed by atoms with Crippen LogP contribution in [0.15, 0.2) is 23.7 Å². The SMILES string of the molecule is CN1C(=O)C2CN(Cc3cn[nH]c3-c3cccs3)CC2C1=O. The third kappa shape index (κ3) is 2.00. The van der Waals surface area contributed by atoms with Crippen molar-refractivity contribution in [1.82, 2.24) is 20.0 Å². The second-order valence-corrected chi connectivity index (χ2v) is 6.84. The van der Waals surface area contributed by atoms with Crippen LogP contribution in [0.5, 0.6) is 0 Å². The Morgan fingerprint density at radius 2 is 2.05 bits per heavy atom. The van der Waals surface area contributed by atoms with Gasteiger partial charge in [0.1, 0.15) is 0 Å². The van der Waals surface area contributed by atoms with Crippen molar-refractivity contribution in [3.8, 4) is 10.6 Å². The molecule has 2 unspecified atom stereocenters. The summed E-state index contributed by atoms with van der Waals surface area (Å²) in [5.74, 6) is -0.421. The number of hydrogen-bond acceptors (Lipinski definition) is 5. The molecule has 2 amide bonds. The van der Waals surface area contributed by atoms with Gasteiger partial charge in [0, 0.05) is 32.2 Å². The van der Waals surface area contributed by atoms with E-state index >= 15 is 0 Å². The van der Waals surface area contributed by atoms with Crippen molar-refractivity contribution in [2.45, 2.75) is 6.54 Å². The Hall–Kier alpha value is -1.99. The monoisotopic (exact) mass is 316 g/mol. The number of imide groups is 1. The Balaban J connectivity index is 1.52. The van der Waals surface area contributed by atoms with Crippen LogP contribution in [0.25, 0.3) is 10.6 Å². The van der Waals surface area contributed by atoms with Crippen LogP contribution in [0.3, 0.4) is 0 Å². The second kappa shape index (κ2) is 5.03. The van der Waals surface area contributed by atoms with Crippen LogP contribution in [0.2, 0.25) is 0 Å². The fourth-order valence-electron chi connectivity index (χ4n) is 3.43. The van der Waals surface area contributed by atoms with Gasteiger partial charge in [-0.3, -0.25) is 24.5 Å². The molecule has 2 aromatic heterocycles. The van der Waals surface area contributed by atoms with Crippen molar-refractivity contribution in [2.24, 2.45) is 11.8 Å². The third-order valence-electron chi connectivity index (χ3n) is 4.57. The van der Waals surface area contributed by atoms with Gasteiger partial charge < -0.3 is 0 Å². The number of aromatic nitrogens is 2. The first kappa shape index (κ1) is 13.7. The summed E-state index contributed by atoms with van der Waals surface area (Å²) in [5.41, 5.74) is 2.14. The molecule has 2 saturated heterocycles. The van der Waals surface area contributed by atoms with Gasteiger partial charge in [-0.25, -0.2) is 0 Å². The molecular formula is C15H16N4O2S. The van der Waals surface area contributed by atoms with E-state index in [1.807, 2.05) is 17.6 Å². The van der Waals surface area contributed by atoms with E-state index in [4.69, 9.17) is 0 Å². The standard InChI is InChI=1S/C15H16N4O2S/c1-18-14(20)10-7-19(8-11(10)15(18)21)6-9-5-16-17-13(9)12-3-2-4-22-12/h2-5,10-11H,6-8H2,1H3,(H,16,17). The van der Waals surface area contributed by atoms with E-state index in [2.05, 4.69) is 21.2 Å². The number of fused-ring (bicyclic) bond motifs is 1. The zero-order chi connectivity index (χ0) is 15.3. The number of hydrogen-bond donors (Lipinski definition) is 1. The summed E-state index contributed by atoms with van der Waals surface area (Å²) in [6, 6.07) is 4.07. The molecule has 7 heteroatoms. The maximum absolute atomic E-state index is 12.1. The van der Waals surface area contributed by atoms with Gasteiger partial charge in [0.05, 0.1) is 28.6 Å². The van der Waals surface area contributed by atoms with E-state index < -0.39 is 0 Å². The van der Waals surface area contributed by atoms with E-state index in [0.717, 1.165) is 16.1 Å². The molecule has 6 nitrogen and oxygen atoms in total. The van der Waals surface area contributed by atoms with E-state index in [1.165, 1.54) is 4.90 Å². The topological polar surface area (TPSA) is 69.3 Å². The summed E-state index contributed by atoms with van der Waals surface area (Å²) in [7, 11) is 1.58. The van der Waals surface area contributed by atoms with E-state index in [1.54, 1.807) is 18.4 Å². The molecule has 0 aliphatic carbocycles. The minimum atomic E-state index is -0.172. The quantitative estimate of drug-likeness (QED) is 0.864. The Morgan fingerprint density at radius 3 is 2.68 bits per heavy atom. The van der Waals surface area contributed by atoms with Crippen LogP contribution in [0.4, 0.5) is 0 Å². The molecule has 2 aromatic rings. The van der Waals surface area contributed by atoms with Gasteiger partial charge in [-0.2, -0.15) is 5.10 Å². The summed E-state index contributed by atoms with van der Waals surface area (Å²) in [6.07, 6.45) is 1.83. The molecule has 114 valence electrons. The van der Waals surface area contributed by atoms with Crippen LogP contribution >= 0.6 is 11.3 Å². The molecule has 1 N–H and O–H groups in total. The summed E-state index contributed by atoms with van der Waals surface area (Å²) >= 11 is 1.67. The predicted molar refractivity (Wildman–Crippen MR) is 81.9 cm³/mol. The molecule has 2 fully saturated rings. The van der Waals surface area contributed by atoms with Crippen LogP contribution in [0.1, 0.15) is 5.56 Å². The minimum Gasteiger partial charge on any atom is -0.297 e. The number of H-pyrrole nitrogens is 1. The van der Waals surface area contributed by atoms with Gasteiger partial charge in [0.2, 0.25) is 11.8 Å². The van der Waals surface area contributed by atoms with Gasteiger partial charge in [0.25, 0.3) is 0 Å². The maximum atomic E-state index is 12.1. The molecule has 22 heavy (non-hydrogen) atoms. The first-order valence-corrected chi connectivity index (χ1v) is 8.13. The first-order chi connectivity index (χ1) is 10.6. The lowest BCUT2D eigenvalue weighted by molar-refractivity contribution is -0.138. The minimum absolute atomic E-state index is 0.0387. The highest BCUT2D eigenvalue weighted by Gasteiger charge is 2.50. The molecular weight excluding hydrogens is 300 g/mol. The smallest absolute Gasteiger partial charge is 0.234 e. The van der Waals surface area contributed by atoms with Crippen molar-refractivity contribution in [2.75, 3.05) is 20.1 Å². The lowest BCUT2D eigenvalue weighted by atomic mass is 10.00. The molecule has 2 atom stereocenters. The average Bonchev–Trinajstić information content (AvgIpc) is 3.26. The van der Waals surface area contributed by atoms with Crippen molar-refractivity contribution in [3.05, 3.63) is 29.3 Å². The Labute approximate surface area is 131 Å².